The lowest BCUT2D eigenvalue weighted by Crippen LogP contribution is -2.82. The van der Waals surface area contributed by atoms with E-state index in [2.05, 4.69) is 25.2 Å². The van der Waals surface area contributed by atoms with Crippen LogP contribution in [0.4, 0.5) is 5.82 Å². The Morgan fingerprint density at radius 3 is 2.65 bits per heavy atom. The van der Waals surface area contributed by atoms with Gasteiger partial charge >= 0.3 is 5.97 Å². The molecular weight excluding hydrogens is 438 g/mol. The Morgan fingerprint density at radius 1 is 1.18 bits per heavy atom. The van der Waals surface area contributed by atoms with E-state index in [0.717, 1.165) is 64.8 Å². The molecular formula is C24H31N5O5. The highest BCUT2D eigenvalue weighted by atomic mass is 16.5. The van der Waals surface area contributed by atoms with Gasteiger partial charge in [-0.1, -0.05) is 0 Å². The molecule has 34 heavy (non-hydrogen) atoms. The highest BCUT2D eigenvalue weighted by Gasteiger charge is 2.70. The minimum Gasteiger partial charge on any atom is -0.480 e. The summed E-state index contributed by atoms with van der Waals surface area (Å²) in [5, 5.41) is 3.54. The van der Waals surface area contributed by atoms with E-state index in [1.54, 1.807) is 0 Å². The Hall–Kier alpha value is -2.59. The lowest BCUT2D eigenvalue weighted by molar-refractivity contribution is -0.172. The summed E-state index contributed by atoms with van der Waals surface area (Å²) < 4.78 is 16.0. The number of rotatable bonds is 6. The lowest BCUT2D eigenvalue weighted by Gasteiger charge is -2.74. The number of ether oxygens (including phenoxy) is 3. The van der Waals surface area contributed by atoms with Crippen molar-refractivity contribution in [2.24, 2.45) is 22.7 Å². The molecule has 3 atom stereocenters. The number of anilines is 1. The van der Waals surface area contributed by atoms with Crippen molar-refractivity contribution in [1.82, 2.24) is 14.9 Å². The summed E-state index contributed by atoms with van der Waals surface area (Å²) in [5.41, 5.74) is 1.05. The molecule has 1 aromatic heterocycles. The van der Waals surface area contributed by atoms with Gasteiger partial charge in [0.1, 0.15) is 17.7 Å². The van der Waals surface area contributed by atoms with Gasteiger partial charge in [-0.15, -0.1) is 0 Å². The number of esters is 1. The predicted molar refractivity (Wildman–Crippen MR) is 122 cm³/mol. The van der Waals surface area contributed by atoms with Gasteiger partial charge in [-0.3, -0.25) is 14.5 Å². The molecule has 10 nitrogen and oxygen atoms in total. The molecule has 182 valence electrons. The molecule has 10 heteroatoms. The van der Waals surface area contributed by atoms with Gasteiger partial charge in [0, 0.05) is 29.9 Å². The Kier molecular flexibility index (Phi) is 5.14. The molecule has 1 aromatic rings. The molecule has 0 spiro atoms. The van der Waals surface area contributed by atoms with Crippen LogP contribution in [-0.4, -0.2) is 84.1 Å². The largest absolute Gasteiger partial charge is 0.480 e. The number of carbonyl (C=O) groups excluding carboxylic acids is 2. The zero-order valence-electron chi connectivity index (χ0n) is 19.7. The molecule has 1 aliphatic heterocycles. The van der Waals surface area contributed by atoms with Gasteiger partial charge in [-0.25, -0.2) is 15.0 Å². The van der Waals surface area contributed by atoms with Gasteiger partial charge in [0.2, 0.25) is 5.88 Å². The fourth-order valence-electron chi connectivity index (χ4n) is 7.16. The van der Waals surface area contributed by atoms with E-state index in [4.69, 9.17) is 14.2 Å². The first-order valence-electron chi connectivity index (χ1n) is 12.2. The third-order valence-corrected chi connectivity index (χ3v) is 8.65. The first kappa shape index (κ1) is 21.9. The lowest BCUT2D eigenvalue weighted by atomic mass is 9.43. The highest BCUT2D eigenvalue weighted by Crippen LogP contribution is 2.65. The monoisotopic (exact) mass is 469 g/mol. The van der Waals surface area contributed by atoms with Crippen LogP contribution in [0.15, 0.2) is 11.3 Å². The van der Waals surface area contributed by atoms with Crippen molar-refractivity contribution in [2.75, 3.05) is 45.8 Å². The standard InChI is InChI=1S/C24H31N5O5/c1-32-21-17(20(30)27-18-15-4-3-14(9-15)16(18)22(31)33-2)19(25-13-26-21)28-23-10-24(11-23,12-23)29-5-7-34-8-6-29/h13-16H,3-12H2,1-2H3,(H,25,26,28)/t14-,15+,16+,23?,24?/m1/s1. The molecule has 1 saturated heterocycles. The SMILES string of the molecule is COC(=O)[C@@H]1C(=NC(=O)c2c(NC34CC(N5CCOCC5)(C3)C4)ncnc2OC)[C@H]2CC[C@@H]1C2. The van der Waals surface area contributed by atoms with E-state index in [0.29, 0.717) is 11.5 Å². The van der Waals surface area contributed by atoms with Crippen molar-refractivity contribution in [3.8, 4) is 5.88 Å². The fourth-order valence-corrected chi connectivity index (χ4v) is 7.16. The smallest absolute Gasteiger partial charge is 0.314 e. The number of nitrogens with zero attached hydrogens (tertiary/aromatic N) is 4. The maximum Gasteiger partial charge on any atom is 0.314 e. The number of methoxy groups -OCH3 is 2. The van der Waals surface area contributed by atoms with E-state index in [1.165, 1.54) is 20.5 Å². The third kappa shape index (κ3) is 3.25. The van der Waals surface area contributed by atoms with Crippen LogP contribution in [0, 0.1) is 17.8 Å². The second-order valence-corrected chi connectivity index (χ2v) is 10.5. The number of aliphatic imine (C=N–C) groups is 1. The molecule has 5 saturated carbocycles. The average Bonchev–Trinajstić information content (AvgIpc) is 3.42. The zero-order chi connectivity index (χ0) is 23.5. The van der Waals surface area contributed by atoms with Crippen LogP contribution >= 0.6 is 0 Å². The van der Waals surface area contributed by atoms with Gasteiger partial charge in [0.25, 0.3) is 5.91 Å². The van der Waals surface area contributed by atoms with Crippen LogP contribution in [0.25, 0.3) is 0 Å². The van der Waals surface area contributed by atoms with Crippen LogP contribution in [-0.2, 0) is 14.3 Å². The zero-order valence-corrected chi connectivity index (χ0v) is 19.7. The Balaban J connectivity index is 1.24. The molecule has 6 fully saturated rings. The quantitative estimate of drug-likeness (QED) is 0.622. The van der Waals surface area contributed by atoms with Crippen LogP contribution in [0.3, 0.4) is 0 Å². The minimum atomic E-state index is -0.467. The first-order valence-corrected chi connectivity index (χ1v) is 12.2. The summed E-state index contributed by atoms with van der Waals surface area (Å²) in [6.07, 6.45) is 7.25. The molecule has 7 rings (SSSR count). The molecule has 4 bridgehead atoms. The summed E-state index contributed by atoms with van der Waals surface area (Å²) in [7, 11) is 2.87. The van der Waals surface area contributed by atoms with E-state index in [-0.39, 0.29) is 40.3 Å². The number of fused-ring (bicyclic) bond motifs is 2. The molecule has 1 N–H and O–H groups in total. The van der Waals surface area contributed by atoms with Gasteiger partial charge in [-0.2, -0.15) is 0 Å². The second-order valence-electron chi connectivity index (χ2n) is 10.5. The summed E-state index contributed by atoms with van der Waals surface area (Å²) in [4.78, 5) is 41.5. The van der Waals surface area contributed by atoms with Gasteiger partial charge in [-0.05, 0) is 50.4 Å². The molecule has 0 unspecified atom stereocenters. The number of amides is 1. The molecule has 5 aliphatic carbocycles. The molecule has 0 radical (unpaired) electrons. The third-order valence-electron chi connectivity index (χ3n) is 8.65. The normalized spacial score (nSPS) is 37.1. The number of carbonyl (C=O) groups is 2. The average molecular weight is 470 g/mol. The molecule has 0 aromatic carbocycles. The van der Waals surface area contributed by atoms with Crippen LogP contribution in [0.1, 0.15) is 48.9 Å². The topological polar surface area (TPSA) is 115 Å². The number of hydrogen-bond donors (Lipinski definition) is 1. The fraction of sp³-hybridized carbons (Fsp3) is 0.708. The van der Waals surface area contributed by atoms with Crippen molar-refractivity contribution in [3.63, 3.8) is 0 Å². The van der Waals surface area contributed by atoms with Gasteiger partial charge in [0.05, 0.1) is 33.4 Å². The Bertz CT molecular complexity index is 1030. The maximum atomic E-state index is 13.5. The van der Waals surface area contributed by atoms with Crippen LogP contribution in [0.5, 0.6) is 5.88 Å². The molecule has 1 amide bonds. The van der Waals surface area contributed by atoms with E-state index >= 15 is 0 Å². The van der Waals surface area contributed by atoms with Crippen molar-refractivity contribution < 1.29 is 23.8 Å². The summed E-state index contributed by atoms with van der Waals surface area (Å²) >= 11 is 0. The molecule has 2 heterocycles. The highest BCUT2D eigenvalue weighted by molar-refractivity contribution is 6.14. The number of morpholine rings is 1. The van der Waals surface area contributed by atoms with Crippen LogP contribution in [0.2, 0.25) is 0 Å². The van der Waals surface area contributed by atoms with E-state index in [9.17, 15) is 9.59 Å². The number of hydrogen-bond acceptors (Lipinski definition) is 9. The Morgan fingerprint density at radius 2 is 1.94 bits per heavy atom. The van der Waals surface area contributed by atoms with Gasteiger partial charge < -0.3 is 19.5 Å². The minimum absolute atomic E-state index is 0.0686. The maximum absolute atomic E-state index is 13.5. The number of aromatic nitrogens is 2. The summed E-state index contributed by atoms with van der Waals surface area (Å²) in [6.45, 7) is 3.53. The van der Waals surface area contributed by atoms with Crippen molar-refractivity contribution in [1.29, 1.82) is 0 Å². The second kappa shape index (κ2) is 7.98. The van der Waals surface area contributed by atoms with Crippen molar-refractivity contribution in [3.05, 3.63) is 11.9 Å². The van der Waals surface area contributed by atoms with Crippen LogP contribution < -0.4 is 10.1 Å². The summed E-state index contributed by atoms with van der Waals surface area (Å²) in [5.74, 6) is -0.218. The van der Waals surface area contributed by atoms with E-state index in [1.807, 2.05) is 0 Å². The Labute approximate surface area is 198 Å². The predicted octanol–water partition coefficient (Wildman–Crippen LogP) is 1.70. The van der Waals surface area contributed by atoms with E-state index < -0.39 is 11.8 Å². The van der Waals surface area contributed by atoms with Gasteiger partial charge in [0.15, 0.2) is 0 Å². The van der Waals surface area contributed by atoms with Crippen molar-refractivity contribution >= 4 is 23.4 Å². The van der Waals surface area contributed by atoms with Crippen molar-refractivity contribution in [2.45, 2.75) is 49.6 Å². The first-order chi connectivity index (χ1) is 16.5. The molecule has 6 aliphatic rings. The summed E-state index contributed by atoms with van der Waals surface area (Å²) in [6, 6.07) is 0. The number of nitrogens with one attached hydrogen (secondary N) is 1.